The average Bonchev–Trinajstić information content (AvgIpc) is 3.13. The molecule has 2 aromatic carbocycles. The number of benzene rings is 2. The maximum atomic E-state index is 4.74. The lowest BCUT2D eigenvalue weighted by Gasteiger charge is -2.08. The van der Waals surface area contributed by atoms with Crippen molar-refractivity contribution in [1.82, 2.24) is 9.78 Å². The molecular weight excluding hydrogens is 270 g/mol. The van der Waals surface area contributed by atoms with Crippen molar-refractivity contribution in [2.75, 3.05) is 0 Å². The van der Waals surface area contributed by atoms with Crippen molar-refractivity contribution in [3.63, 3.8) is 0 Å². The Labute approximate surface area is 130 Å². The molecule has 108 valence electrons. The molecule has 0 atom stereocenters. The third-order valence-corrected chi connectivity index (χ3v) is 4.19. The number of fused-ring (bicyclic) bond motifs is 1. The molecule has 1 aliphatic heterocycles. The van der Waals surface area contributed by atoms with E-state index in [9.17, 15) is 0 Å². The third kappa shape index (κ3) is 2.06. The molecule has 0 radical (unpaired) electrons. The fourth-order valence-electron chi connectivity index (χ4n) is 3.06. The maximum absolute atomic E-state index is 4.74. The highest BCUT2D eigenvalue weighted by molar-refractivity contribution is 6.06. The van der Waals surface area contributed by atoms with Gasteiger partial charge >= 0.3 is 0 Å². The molecule has 0 aliphatic carbocycles. The number of rotatable bonds is 2. The minimum absolute atomic E-state index is 0.884. The summed E-state index contributed by atoms with van der Waals surface area (Å²) < 4.78 is 1.96. The van der Waals surface area contributed by atoms with Crippen molar-refractivity contribution in [3.05, 3.63) is 77.1 Å². The average molecular weight is 287 g/mol. The van der Waals surface area contributed by atoms with Crippen molar-refractivity contribution in [2.45, 2.75) is 20.3 Å². The lowest BCUT2D eigenvalue weighted by atomic mass is 10.1. The SMILES string of the molecule is Cc1cccc(C)c1-n1cc(C2=Nc3ccccc3C2)cn1. The first-order chi connectivity index (χ1) is 10.7. The van der Waals surface area contributed by atoms with Crippen LogP contribution in [0.4, 0.5) is 5.69 Å². The largest absolute Gasteiger partial charge is 0.252 e. The number of aliphatic imine (C=N–C) groups is 1. The number of aromatic nitrogens is 2. The second kappa shape index (κ2) is 4.95. The summed E-state index contributed by atoms with van der Waals surface area (Å²) in [7, 11) is 0. The molecule has 0 saturated carbocycles. The number of nitrogens with zero attached hydrogens (tertiary/aromatic N) is 3. The van der Waals surface area contributed by atoms with Gasteiger partial charge in [-0.15, -0.1) is 0 Å². The van der Waals surface area contributed by atoms with E-state index >= 15 is 0 Å². The van der Waals surface area contributed by atoms with Crippen LogP contribution in [0.25, 0.3) is 5.69 Å². The Morgan fingerprint density at radius 1 is 0.955 bits per heavy atom. The first-order valence-electron chi connectivity index (χ1n) is 7.49. The van der Waals surface area contributed by atoms with Gasteiger partial charge in [-0.25, -0.2) is 4.68 Å². The van der Waals surface area contributed by atoms with Gasteiger partial charge in [0.1, 0.15) is 0 Å². The van der Waals surface area contributed by atoms with E-state index in [-0.39, 0.29) is 0 Å². The van der Waals surface area contributed by atoms with Gasteiger partial charge in [0.05, 0.1) is 23.3 Å². The fraction of sp³-hybridized carbons (Fsp3) is 0.158. The molecule has 1 aromatic heterocycles. The number of aryl methyl sites for hydroxylation is 2. The molecule has 0 saturated heterocycles. The molecule has 0 bridgehead atoms. The molecular formula is C19H17N3. The van der Waals surface area contributed by atoms with E-state index in [1.807, 2.05) is 16.9 Å². The molecule has 0 fully saturated rings. The molecule has 4 rings (SSSR count). The summed E-state index contributed by atoms with van der Waals surface area (Å²) in [5, 5.41) is 4.55. The Morgan fingerprint density at radius 2 is 1.73 bits per heavy atom. The van der Waals surface area contributed by atoms with Gasteiger partial charge in [-0.1, -0.05) is 36.4 Å². The molecule has 1 aliphatic rings. The minimum Gasteiger partial charge on any atom is -0.252 e. The van der Waals surface area contributed by atoms with Crippen molar-refractivity contribution in [3.8, 4) is 5.69 Å². The van der Waals surface area contributed by atoms with Gasteiger partial charge in [-0.2, -0.15) is 5.10 Å². The van der Waals surface area contributed by atoms with Crippen LogP contribution in [-0.4, -0.2) is 15.5 Å². The van der Waals surface area contributed by atoms with Gasteiger partial charge in [-0.05, 0) is 36.6 Å². The minimum atomic E-state index is 0.884. The lowest BCUT2D eigenvalue weighted by Crippen LogP contribution is -2.01. The normalized spacial score (nSPS) is 13.1. The Morgan fingerprint density at radius 3 is 2.50 bits per heavy atom. The number of hydrogen-bond acceptors (Lipinski definition) is 2. The Hall–Kier alpha value is -2.68. The molecule has 3 aromatic rings. The van der Waals surface area contributed by atoms with Crippen LogP contribution in [0.3, 0.4) is 0 Å². The summed E-state index contributed by atoms with van der Waals surface area (Å²) in [6.07, 6.45) is 4.88. The molecule has 0 N–H and O–H groups in total. The second-order valence-electron chi connectivity index (χ2n) is 5.78. The van der Waals surface area contributed by atoms with E-state index in [1.54, 1.807) is 0 Å². The summed E-state index contributed by atoms with van der Waals surface area (Å²) >= 11 is 0. The third-order valence-electron chi connectivity index (χ3n) is 4.19. The van der Waals surface area contributed by atoms with Crippen LogP contribution in [0.5, 0.6) is 0 Å². The molecule has 2 heterocycles. The maximum Gasteiger partial charge on any atom is 0.0704 e. The first kappa shape index (κ1) is 13.0. The zero-order chi connectivity index (χ0) is 15.1. The zero-order valence-corrected chi connectivity index (χ0v) is 12.7. The van der Waals surface area contributed by atoms with Gasteiger partial charge in [-0.3, -0.25) is 4.99 Å². The quantitative estimate of drug-likeness (QED) is 0.696. The Kier molecular flexibility index (Phi) is 2.93. The van der Waals surface area contributed by atoms with E-state index in [1.165, 1.54) is 16.7 Å². The highest BCUT2D eigenvalue weighted by Gasteiger charge is 2.17. The summed E-state index contributed by atoms with van der Waals surface area (Å²) in [6, 6.07) is 14.6. The summed E-state index contributed by atoms with van der Waals surface area (Å²) in [5.41, 5.74) is 8.18. The topological polar surface area (TPSA) is 30.2 Å². The number of para-hydroxylation sites is 2. The highest BCUT2D eigenvalue weighted by atomic mass is 15.3. The summed E-state index contributed by atoms with van der Waals surface area (Å²) in [4.78, 5) is 4.74. The first-order valence-corrected chi connectivity index (χ1v) is 7.49. The van der Waals surface area contributed by atoms with E-state index in [4.69, 9.17) is 4.99 Å². The van der Waals surface area contributed by atoms with Crippen LogP contribution in [0.2, 0.25) is 0 Å². The van der Waals surface area contributed by atoms with Crippen LogP contribution in [0.15, 0.2) is 59.9 Å². The summed E-state index contributed by atoms with van der Waals surface area (Å²) in [5.74, 6) is 0. The van der Waals surface area contributed by atoms with Gasteiger partial charge in [0.25, 0.3) is 0 Å². The van der Waals surface area contributed by atoms with Crippen LogP contribution in [-0.2, 0) is 6.42 Å². The molecule has 0 amide bonds. The fourth-order valence-corrected chi connectivity index (χ4v) is 3.06. The molecule has 3 heteroatoms. The molecule has 0 unspecified atom stereocenters. The predicted molar refractivity (Wildman–Crippen MR) is 89.4 cm³/mol. The van der Waals surface area contributed by atoms with Gasteiger partial charge < -0.3 is 0 Å². The van der Waals surface area contributed by atoms with Crippen LogP contribution < -0.4 is 0 Å². The predicted octanol–water partition coefficient (Wildman–Crippen LogP) is 4.17. The number of hydrogen-bond donors (Lipinski definition) is 0. The van der Waals surface area contributed by atoms with Crippen molar-refractivity contribution < 1.29 is 0 Å². The van der Waals surface area contributed by atoms with Gasteiger partial charge in [0, 0.05) is 18.2 Å². The second-order valence-corrected chi connectivity index (χ2v) is 5.78. The highest BCUT2D eigenvalue weighted by Crippen LogP contribution is 2.28. The zero-order valence-electron chi connectivity index (χ0n) is 12.7. The van der Waals surface area contributed by atoms with Crippen molar-refractivity contribution in [2.24, 2.45) is 4.99 Å². The monoisotopic (exact) mass is 287 g/mol. The van der Waals surface area contributed by atoms with E-state index in [2.05, 4.69) is 61.5 Å². The van der Waals surface area contributed by atoms with Gasteiger partial charge in [0.15, 0.2) is 0 Å². The molecule has 22 heavy (non-hydrogen) atoms. The van der Waals surface area contributed by atoms with Crippen molar-refractivity contribution in [1.29, 1.82) is 0 Å². The Balaban J connectivity index is 1.72. The van der Waals surface area contributed by atoms with E-state index < -0.39 is 0 Å². The van der Waals surface area contributed by atoms with E-state index in [0.717, 1.165) is 29.1 Å². The standard InChI is InChI=1S/C19H17N3/c1-13-6-5-7-14(2)19(13)22-12-16(11-20-22)18-10-15-8-3-4-9-17(15)21-18/h3-9,11-12H,10H2,1-2H3. The van der Waals surface area contributed by atoms with Gasteiger partial charge in [0.2, 0.25) is 0 Å². The van der Waals surface area contributed by atoms with Crippen molar-refractivity contribution >= 4 is 11.4 Å². The molecule has 0 spiro atoms. The molecule has 3 nitrogen and oxygen atoms in total. The summed E-state index contributed by atoms with van der Waals surface area (Å²) in [6.45, 7) is 4.24. The Bertz CT molecular complexity index is 867. The van der Waals surface area contributed by atoms with Crippen LogP contribution in [0, 0.1) is 13.8 Å². The lowest BCUT2D eigenvalue weighted by molar-refractivity contribution is 0.864. The van der Waals surface area contributed by atoms with Crippen LogP contribution >= 0.6 is 0 Å². The smallest absolute Gasteiger partial charge is 0.0704 e. The van der Waals surface area contributed by atoms with Crippen LogP contribution in [0.1, 0.15) is 22.3 Å². The van der Waals surface area contributed by atoms with E-state index in [0.29, 0.717) is 0 Å².